The van der Waals surface area contributed by atoms with Crippen molar-refractivity contribution in [1.29, 1.82) is 10.8 Å². The Balaban J connectivity index is 0.000000447. The fourth-order valence-electron chi connectivity index (χ4n) is 4.83. The number of nitrogens with one attached hydrogen (secondary N) is 5. The van der Waals surface area contributed by atoms with E-state index in [1.165, 1.54) is 5.57 Å². The van der Waals surface area contributed by atoms with Crippen molar-refractivity contribution in [2.75, 3.05) is 13.2 Å². The number of H-pyrrole nitrogens is 1. The highest BCUT2D eigenvalue weighted by atomic mass is 19.1. The van der Waals surface area contributed by atoms with Crippen molar-refractivity contribution in [2.24, 2.45) is 22.2 Å². The highest BCUT2D eigenvalue weighted by Gasteiger charge is 2.36. The van der Waals surface area contributed by atoms with Crippen LogP contribution in [-0.2, 0) is 9.59 Å². The molecule has 5 N–H and O–H groups in total. The zero-order valence-corrected chi connectivity index (χ0v) is 26.6. The van der Waals surface area contributed by atoms with Gasteiger partial charge in [0.2, 0.25) is 5.91 Å². The quantitative estimate of drug-likeness (QED) is 0.182. The summed E-state index contributed by atoms with van der Waals surface area (Å²) in [6.45, 7) is 14.2. The maximum atomic E-state index is 13.3. The molecule has 1 aromatic heterocycles. The zero-order chi connectivity index (χ0) is 31.9. The number of aromatic nitrogens is 2. The molecule has 9 nitrogen and oxygen atoms in total. The standard InChI is InChI=1S/C18H27BFN5O.C7H13N.C6H11NO/c1-4-13(21)16(25-19)17(26)24-15(14-9-22-11(2)23-14)12-5-7-18(3,10-20)8-6-12;1-4-6(2)5-7(3)8;1-5-2-3-6(8)7-4-5/h9,12,15,21H,4-8,10H2,1-3H3,(H,22,23)(H,24,26);5,8H,4H2,1-3H3;5H,2-4H2,1H3,(H,7,8)/b21-13?,25-16+;;. The molecule has 2 unspecified atom stereocenters. The van der Waals surface area contributed by atoms with Gasteiger partial charge >= 0.3 is 0 Å². The molecule has 1 saturated carbocycles. The van der Waals surface area contributed by atoms with Crippen LogP contribution in [0.25, 0.3) is 0 Å². The van der Waals surface area contributed by atoms with E-state index >= 15 is 0 Å². The summed E-state index contributed by atoms with van der Waals surface area (Å²) in [6, 6.07) is -0.297. The van der Waals surface area contributed by atoms with E-state index in [2.05, 4.69) is 39.4 Å². The summed E-state index contributed by atoms with van der Waals surface area (Å²) in [5.74, 6) is 1.36. The van der Waals surface area contributed by atoms with Gasteiger partial charge in [0.05, 0.1) is 30.3 Å². The number of rotatable bonds is 9. The van der Waals surface area contributed by atoms with E-state index in [4.69, 9.17) is 18.8 Å². The molecule has 2 radical (unpaired) electrons. The number of allylic oxidation sites excluding steroid dienone is 2. The van der Waals surface area contributed by atoms with Crippen LogP contribution in [0.5, 0.6) is 0 Å². The smallest absolute Gasteiger partial charge is 0.270 e. The Labute approximate surface area is 252 Å². The molecule has 1 saturated heterocycles. The molecular formula is C31H51BFN7O2. The summed E-state index contributed by atoms with van der Waals surface area (Å²) in [7, 11) is 5.33. The third-order valence-electron chi connectivity index (χ3n) is 7.89. The molecule has 2 amide bonds. The number of halogens is 1. The maximum Gasteiger partial charge on any atom is 0.270 e. The minimum atomic E-state index is -0.463. The van der Waals surface area contributed by atoms with E-state index in [1.807, 2.05) is 26.8 Å². The SMILES string of the molecule is CC1CCC(=O)NC1.CCC(C)=CC(C)=N.[B]/N=C(\C(=N)CC)C(=O)NC(c1cnc(C)[nH]1)C1CCC(C)(CF)CC1. The van der Waals surface area contributed by atoms with Crippen LogP contribution < -0.4 is 10.6 Å². The second-order valence-corrected chi connectivity index (χ2v) is 11.9. The molecule has 2 aliphatic rings. The Morgan fingerprint density at radius 2 is 1.90 bits per heavy atom. The Morgan fingerprint density at radius 1 is 1.26 bits per heavy atom. The second-order valence-electron chi connectivity index (χ2n) is 11.9. The van der Waals surface area contributed by atoms with Gasteiger partial charge in [-0.1, -0.05) is 33.3 Å². The molecular weight excluding hydrogens is 532 g/mol. The highest BCUT2D eigenvalue weighted by Crippen LogP contribution is 2.43. The molecule has 232 valence electrons. The number of aromatic amines is 1. The first-order chi connectivity index (χ1) is 19.8. The molecule has 0 aromatic carbocycles. The molecule has 2 heterocycles. The van der Waals surface area contributed by atoms with Gasteiger partial charge in [0.25, 0.3) is 13.9 Å². The fraction of sp³-hybridized carbons (Fsp3) is 0.677. The van der Waals surface area contributed by atoms with Gasteiger partial charge in [-0.3, -0.25) is 14.0 Å². The lowest BCUT2D eigenvalue weighted by atomic mass is 9.70. The average molecular weight is 584 g/mol. The molecule has 1 aromatic rings. The van der Waals surface area contributed by atoms with Crippen LogP contribution in [0, 0.1) is 35.0 Å². The summed E-state index contributed by atoms with van der Waals surface area (Å²) >= 11 is 0. The fourth-order valence-corrected chi connectivity index (χ4v) is 4.83. The van der Waals surface area contributed by atoms with Crippen molar-refractivity contribution in [3.05, 3.63) is 29.4 Å². The summed E-state index contributed by atoms with van der Waals surface area (Å²) in [5.41, 5.74) is 2.49. The molecule has 3 rings (SSSR count). The lowest BCUT2D eigenvalue weighted by Crippen LogP contribution is -2.42. The Bertz CT molecular complexity index is 1100. The number of hydrogen-bond acceptors (Lipinski definition) is 6. The maximum absolute atomic E-state index is 13.3. The number of carbonyl (C=O) groups is 2. The molecule has 2 fully saturated rings. The first-order valence-corrected chi connectivity index (χ1v) is 15.0. The molecule has 0 bridgehead atoms. The van der Waals surface area contributed by atoms with Crippen LogP contribution in [-0.4, -0.2) is 60.1 Å². The van der Waals surface area contributed by atoms with Gasteiger partial charge in [-0.05, 0) is 89.0 Å². The van der Waals surface area contributed by atoms with Crippen molar-refractivity contribution >= 4 is 36.9 Å². The van der Waals surface area contributed by atoms with Crippen LogP contribution in [0.2, 0.25) is 0 Å². The van der Waals surface area contributed by atoms with E-state index in [1.54, 1.807) is 20.0 Å². The summed E-state index contributed by atoms with van der Waals surface area (Å²) in [4.78, 5) is 34.1. The molecule has 1 aliphatic carbocycles. The second kappa shape index (κ2) is 18.4. The van der Waals surface area contributed by atoms with Gasteiger partial charge in [0.15, 0.2) is 0 Å². The third-order valence-corrected chi connectivity index (χ3v) is 7.89. The molecule has 1 aliphatic heterocycles. The van der Waals surface area contributed by atoms with Gasteiger partial charge in [0.1, 0.15) is 11.5 Å². The normalized spacial score (nSPS) is 23.3. The summed E-state index contributed by atoms with van der Waals surface area (Å²) in [5, 5.41) is 20.7. The Morgan fingerprint density at radius 3 is 2.29 bits per heavy atom. The van der Waals surface area contributed by atoms with E-state index in [9.17, 15) is 14.0 Å². The van der Waals surface area contributed by atoms with E-state index in [-0.39, 0.29) is 41.4 Å². The minimum Gasteiger partial charge on any atom is -0.356 e. The minimum absolute atomic E-state index is 0.0573. The van der Waals surface area contributed by atoms with Crippen LogP contribution >= 0.6 is 0 Å². The molecule has 2 atom stereocenters. The summed E-state index contributed by atoms with van der Waals surface area (Å²) in [6.07, 6.45) is 9.98. The number of amides is 2. The van der Waals surface area contributed by atoms with E-state index in [0.717, 1.165) is 63.0 Å². The number of piperidine rings is 1. The zero-order valence-electron chi connectivity index (χ0n) is 26.6. The Kier molecular flexibility index (Phi) is 16.2. The topological polar surface area (TPSA) is 147 Å². The molecule has 42 heavy (non-hydrogen) atoms. The molecule has 11 heteroatoms. The monoisotopic (exact) mass is 583 g/mol. The van der Waals surface area contributed by atoms with Crippen LogP contribution in [0.4, 0.5) is 4.39 Å². The number of nitrogens with zero attached hydrogens (tertiary/aromatic N) is 2. The van der Waals surface area contributed by atoms with E-state index < -0.39 is 5.91 Å². The van der Waals surface area contributed by atoms with Crippen molar-refractivity contribution < 1.29 is 14.0 Å². The number of alkyl halides is 1. The van der Waals surface area contributed by atoms with E-state index in [0.29, 0.717) is 18.1 Å². The number of imidazole rings is 1. The average Bonchev–Trinajstić information content (AvgIpc) is 3.40. The van der Waals surface area contributed by atoms with Gasteiger partial charge in [-0.2, -0.15) is 0 Å². The van der Waals surface area contributed by atoms with Crippen molar-refractivity contribution in [3.8, 4) is 0 Å². The first kappa shape index (κ1) is 36.9. The summed E-state index contributed by atoms with van der Waals surface area (Å²) < 4.78 is 13.3. The predicted octanol–water partition coefficient (Wildman–Crippen LogP) is 5.91. The highest BCUT2D eigenvalue weighted by molar-refractivity contribution is 6.67. The van der Waals surface area contributed by atoms with Crippen molar-refractivity contribution in [3.63, 3.8) is 0 Å². The van der Waals surface area contributed by atoms with Crippen molar-refractivity contribution in [1.82, 2.24) is 20.6 Å². The number of carbonyl (C=O) groups excluding carboxylic acids is 2. The third kappa shape index (κ3) is 12.8. The predicted molar refractivity (Wildman–Crippen MR) is 170 cm³/mol. The van der Waals surface area contributed by atoms with Gasteiger partial charge < -0.3 is 31.3 Å². The number of aryl methyl sites for hydroxylation is 1. The van der Waals surface area contributed by atoms with Crippen LogP contribution in [0.1, 0.15) is 110 Å². The van der Waals surface area contributed by atoms with Crippen LogP contribution in [0.3, 0.4) is 0 Å². The largest absolute Gasteiger partial charge is 0.356 e. The van der Waals surface area contributed by atoms with Gasteiger partial charge in [0, 0.05) is 18.7 Å². The number of hydrogen-bond donors (Lipinski definition) is 5. The first-order valence-electron chi connectivity index (χ1n) is 15.0. The Hall–Kier alpha value is -3.11. The lowest BCUT2D eigenvalue weighted by Gasteiger charge is -2.38. The molecule has 0 spiro atoms. The van der Waals surface area contributed by atoms with Gasteiger partial charge in [-0.25, -0.2) is 4.98 Å². The van der Waals surface area contributed by atoms with Crippen molar-refractivity contribution in [2.45, 2.75) is 106 Å². The lowest BCUT2D eigenvalue weighted by molar-refractivity contribution is -0.122. The van der Waals surface area contributed by atoms with Crippen LogP contribution in [0.15, 0.2) is 22.7 Å². The van der Waals surface area contributed by atoms with Gasteiger partial charge in [-0.15, -0.1) is 0 Å².